The number of rotatable bonds is 4. The van der Waals surface area contributed by atoms with Gasteiger partial charge in [0.25, 0.3) is 0 Å². The SMILES string of the molecule is Cc1ccc(CNc2cc(CO)ccc2C)cc1. The Morgan fingerprint density at radius 2 is 1.61 bits per heavy atom. The first kappa shape index (κ1) is 12.7. The molecule has 0 heterocycles. The summed E-state index contributed by atoms with van der Waals surface area (Å²) < 4.78 is 0. The van der Waals surface area contributed by atoms with E-state index in [0.717, 1.165) is 17.8 Å². The van der Waals surface area contributed by atoms with Gasteiger partial charge in [-0.05, 0) is 36.6 Å². The van der Waals surface area contributed by atoms with Gasteiger partial charge in [-0.1, -0.05) is 42.0 Å². The topological polar surface area (TPSA) is 32.3 Å². The number of aryl methyl sites for hydroxylation is 2. The monoisotopic (exact) mass is 241 g/mol. The molecule has 0 spiro atoms. The molecule has 2 rings (SSSR count). The second-order valence-electron chi connectivity index (χ2n) is 4.65. The molecule has 2 N–H and O–H groups in total. The van der Waals surface area contributed by atoms with Crippen LogP contribution in [0, 0.1) is 13.8 Å². The summed E-state index contributed by atoms with van der Waals surface area (Å²) in [5, 5.41) is 12.6. The first-order valence-electron chi connectivity index (χ1n) is 6.19. The highest BCUT2D eigenvalue weighted by molar-refractivity contribution is 5.52. The molecule has 0 aliphatic heterocycles. The lowest BCUT2D eigenvalue weighted by Crippen LogP contribution is -2.01. The summed E-state index contributed by atoms with van der Waals surface area (Å²) in [5.74, 6) is 0. The Labute approximate surface area is 108 Å². The number of aliphatic hydroxyl groups is 1. The summed E-state index contributed by atoms with van der Waals surface area (Å²) in [7, 11) is 0. The second kappa shape index (κ2) is 5.69. The molecule has 0 atom stereocenters. The van der Waals surface area contributed by atoms with E-state index >= 15 is 0 Å². The van der Waals surface area contributed by atoms with Crippen molar-refractivity contribution in [3.05, 3.63) is 64.7 Å². The van der Waals surface area contributed by atoms with Crippen LogP contribution in [-0.4, -0.2) is 5.11 Å². The summed E-state index contributed by atoms with van der Waals surface area (Å²) in [4.78, 5) is 0. The highest BCUT2D eigenvalue weighted by Crippen LogP contribution is 2.18. The van der Waals surface area contributed by atoms with E-state index in [1.54, 1.807) is 0 Å². The van der Waals surface area contributed by atoms with Gasteiger partial charge in [0, 0.05) is 12.2 Å². The number of hydrogen-bond acceptors (Lipinski definition) is 2. The van der Waals surface area contributed by atoms with Gasteiger partial charge in [-0.15, -0.1) is 0 Å². The number of anilines is 1. The first-order valence-corrected chi connectivity index (χ1v) is 6.19. The molecule has 0 radical (unpaired) electrons. The minimum Gasteiger partial charge on any atom is -0.392 e. The van der Waals surface area contributed by atoms with Gasteiger partial charge in [0.15, 0.2) is 0 Å². The Balaban J connectivity index is 2.07. The molecule has 0 fully saturated rings. The van der Waals surface area contributed by atoms with E-state index in [0.29, 0.717) is 0 Å². The molecular formula is C16H19NO. The first-order chi connectivity index (χ1) is 8.69. The molecule has 2 heteroatoms. The molecular weight excluding hydrogens is 222 g/mol. The number of aliphatic hydroxyl groups excluding tert-OH is 1. The Hall–Kier alpha value is -1.80. The third-order valence-corrected chi connectivity index (χ3v) is 3.09. The minimum absolute atomic E-state index is 0.0828. The predicted octanol–water partition coefficient (Wildman–Crippen LogP) is 3.41. The largest absolute Gasteiger partial charge is 0.392 e. The Morgan fingerprint density at radius 1 is 0.944 bits per heavy atom. The summed E-state index contributed by atoms with van der Waals surface area (Å²) in [6, 6.07) is 14.5. The fourth-order valence-corrected chi connectivity index (χ4v) is 1.86. The van der Waals surface area contributed by atoms with Crippen molar-refractivity contribution < 1.29 is 5.11 Å². The third-order valence-electron chi connectivity index (χ3n) is 3.09. The molecule has 0 aromatic heterocycles. The molecule has 0 saturated carbocycles. The maximum Gasteiger partial charge on any atom is 0.0682 e. The van der Waals surface area contributed by atoms with Crippen LogP contribution in [0.1, 0.15) is 22.3 Å². The highest BCUT2D eigenvalue weighted by atomic mass is 16.3. The third kappa shape index (κ3) is 3.11. The van der Waals surface area contributed by atoms with E-state index in [4.69, 9.17) is 5.11 Å². The quantitative estimate of drug-likeness (QED) is 0.859. The van der Waals surface area contributed by atoms with Crippen molar-refractivity contribution in [3.63, 3.8) is 0 Å². The van der Waals surface area contributed by atoms with E-state index in [9.17, 15) is 0 Å². The molecule has 94 valence electrons. The van der Waals surface area contributed by atoms with Crippen LogP contribution >= 0.6 is 0 Å². The average Bonchev–Trinajstić information content (AvgIpc) is 2.40. The lowest BCUT2D eigenvalue weighted by Gasteiger charge is -2.11. The van der Waals surface area contributed by atoms with Gasteiger partial charge >= 0.3 is 0 Å². The zero-order valence-corrected chi connectivity index (χ0v) is 10.9. The summed E-state index contributed by atoms with van der Waals surface area (Å²) in [6.07, 6.45) is 0. The number of nitrogens with one attached hydrogen (secondary N) is 1. The van der Waals surface area contributed by atoms with Gasteiger partial charge in [-0.25, -0.2) is 0 Å². The minimum atomic E-state index is 0.0828. The normalized spacial score (nSPS) is 10.4. The van der Waals surface area contributed by atoms with E-state index in [-0.39, 0.29) is 6.61 Å². The van der Waals surface area contributed by atoms with Gasteiger partial charge in [-0.2, -0.15) is 0 Å². The maximum atomic E-state index is 9.14. The Bertz CT molecular complexity index is 517. The van der Waals surface area contributed by atoms with Crippen LogP contribution in [0.25, 0.3) is 0 Å². The second-order valence-corrected chi connectivity index (χ2v) is 4.65. The zero-order valence-electron chi connectivity index (χ0n) is 10.9. The summed E-state index contributed by atoms with van der Waals surface area (Å²) in [6.45, 7) is 5.04. The number of hydrogen-bond donors (Lipinski definition) is 2. The lowest BCUT2D eigenvalue weighted by molar-refractivity contribution is 0.282. The number of benzene rings is 2. The van der Waals surface area contributed by atoms with Crippen LogP contribution in [0.4, 0.5) is 5.69 Å². The fourth-order valence-electron chi connectivity index (χ4n) is 1.86. The maximum absolute atomic E-state index is 9.14. The predicted molar refractivity (Wildman–Crippen MR) is 75.6 cm³/mol. The molecule has 2 aromatic carbocycles. The van der Waals surface area contributed by atoms with Crippen LogP contribution in [0.15, 0.2) is 42.5 Å². The molecule has 0 saturated heterocycles. The molecule has 0 aliphatic carbocycles. The van der Waals surface area contributed by atoms with Crippen molar-refractivity contribution in [1.82, 2.24) is 0 Å². The van der Waals surface area contributed by atoms with Crippen LogP contribution in [0.3, 0.4) is 0 Å². The fraction of sp³-hybridized carbons (Fsp3) is 0.250. The average molecular weight is 241 g/mol. The van der Waals surface area contributed by atoms with Crippen LogP contribution in [0.2, 0.25) is 0 Å². The molecule has 18 heavy (non-hydrogen) atoms. The molecule has 0 unspecified atom stereocenters. The van der Waals surface area contributed by atoms with E-state index in [2.05, 4.69) is 43.4 Å². The van der Waals surface area contributed by atoms with Crippen molar-refractivity contribution in [2.24, 2.45) is 0 Å². The molecule has 2 aromatic rings. The Kier molecular flexibility index (Phi) is 4.00. The van der Waals surface area contributed by atoms with E-state index in [1.165, 1.54) is 16.7 Å². The van der Waals surface area contributed by atoms with E-state index in [1.807, 2.05) is 18.2 Å². The van der Waals surface area contributed by atoms with E-state index < -0.39 is 0 Å². The highest BCUT2D eigenvalue weighted by Gasteiger charge is 2.00. The van der Waals surface area contributed by atoms with Gasteiger partial charge in [0.1, 0.15) is 0 Å². The van der Waals surface area contributed by atoms with Gasteiger partial charge < -0.3 is 10.4 Å². The van der Waals surface area contributed by atoms with Crippen molar-refractivity contribution in [3.8, 4) is 0 Å². The van der Waals surface area contributed by atoms with Gasteiger partial charge in [0.2, 0.25) is 0 Å². The molecule has 0 amide bonds. The molecule has 0 bridgehead atoms. The molecule has 0 aliphatic rings. The molecule has 2 nitrogen and oxygen atoms in total. The van der Waals surface area contributed by atoms with Crippen molar-refractivity contribution in [2.75, 3.05) is 5.32 Å². The van der Waals surface area contributed by atoms with Gasteiger partial charge in [0.05, 0.1) is 6.61 Å². The van der Waals surface area contributed by atoms with Crippen LogP contribution in [0.5, 0.6) is 0 Å². The van der Waals surface area contributed by atoms with Crippen molar-refractivity contribution in [1.29, 1.82) is 0 Å². The van der Waals surface area contributed by atoms with Crippen molar-refractivity contribution >= 4 is 5.69 Å². The Morgan fingerprint density at radius 3 is 2.28 bits per heavy atom. The van der Waals surface area contributed by atoms with Crippen molar-refractivity contribution in [2.45, 2.75) is 27.0 Å². The van der Waals surface area contributed by atoms with Crippen LogP contribution < -0.4 is 5.32 Å². The summed E-state index contributed by atoms with van der Waals surface area (Å²) in [5.41, 5.74) is 5.75. The summed E-state index contributed by atoms with van der Waals surface area (Å²) >= 11 is 0. The van der Waals surface area contributed by atoms with Gasteiger partial charge in [-0.3, -0.25) is 0 Å². The zero-order chi connectivity index (χ0) is 13.0. The lowest BCUT2D eigenvalue weighted by atomic mass is 10.1. The standard InChI is InChI=1S/C16H19NO/c1-12-3-6-14(7-4-12)10-17-16-9-15(11-18)8-5-13(16)2/h3-9,17-18H,10-11H2,1-2H3. The smallest absolute Gasteiger partial charge is 0.0682 e. The van der Waals surface area contributed by atoms with Crippen LogP contribution in [-0.2, 0) is 13.2 Å².